The summed E-state index contributed by atoms with van der Waals surface area (Å²) in [5, 5.41) is 0. The Hall–Kier alpha value is -1.13. The maximum Gasteiger partial charge on any atom is 0.312 e. The maximum atomic E-state index is 11.8. The van der Waals surface area contributed by atoms with Gasteiger partial charge in [0.15, 0.2) is 0 Å². The van der Waals surface area contributed by atoms with Crippen molar-refractivity contribution in [3.8, 4) is 11.5 Å². The summed E-state index contributed by atoms with van der Waals surface area (Å²) in [4.78, 5) is 0.142. The Morgan fingerprint density at radius 3 is 2.35 bits per heavy atom. The van der Waals surface area contributed by atoms with Gasteiger partial charge >= 0.3 is 10.1 Å². The molecule has 0 bridgehead atoms. The third kappa shape index (κ3) is 6.35. The smallest absolute Gasteiger partial charge is 0.192 e. The van der Waals surface area contributed by atoms with Crippen LogP contribution in [0, 0.1) is 18.4 Å². The van der Waals surface area contributed by atoms with Crippen molar-refractivity contribution in [2.24, 2.45) is 0 Å². The molecular weight excluding hydrogens is 290 g/mol. The molecule has 0 aromatic heterocycles. The van der Waals surface area contributed by atoms with Crippen LogP contribution in [0.15, 0.2) is 29.2 Å². The van der Waals surface area contributed by atoms with Gasteiger partial charge < -0.3 is 0 Å². The van der Waals surface area contributed by atoms with Gasteiger partial charge in [-0.2, -0.15) is 18.2 Å². The average Bonchev–Trinajstić information content (AvgIpc) is 2.33. The van der Waals surface area contributed by atoms with Crippen molar-refractivity contribution >= 4 is 18.2 Å². The third-order valence-corrected chi connectivity index (χ3v) is 4.41. The Bertz CT molecular complexity index is 592. The second-order valence-corrected chi connectivity index (χ2v) is 11.8. The van der Waals surface area contributed by atoms with Crippen LogP contribution in [0.3, 0.4) is 0 Å². The van der Waals surface area contributed by atoms with Gasteiger partial charge in [0.05, 0.1) is 4.90 Å². The first-order chi connectivity index (χ1) is 9.21. The van der Waals surface area contributed by atoms with Gasteiger partial charge in [-0.3, -0.25) is 0 Å². The van der Waals surface area contributed by atoms with Crippen molar-refractivity contribution in [3.63, 3.8) is 0 Å². The molecule has 6 heteroatoms. The number of benzene rings is 1. The van der Waals surface area contributed by atoms with Gasteiger partial charge in [-0.1, -0.05) is 37.3 Å². The Morgan fingerprint density at radius 1 is 1.20 bits per heavy atom. The summed E-state index contributed by atoms with van der Waals surface area (Å²) in [5.74, 6) is 3.03. The molecule has 20 heavy (non-hydrogen) atoms. The van der Waals surface area contributed by atoms with E-state index in [4.69, 9.17) is 4.28 Å². The van der Waals surface area contributed by atoms with E-state index < -0.39 is 18.2 Å². The summed E-state index contributed by atoms with van der Waals surface area (Å²) in [6.07, 6.45) is 0.563. The Morgan fingerprint density at radius 2 is 1.80 bits per heavy atom. The van der Waals surface area contributed by atoms with Crippen LogP contribution >= 0.6 is 0 Å². The molecule has 0 aliphatic carbocycles. The van der Waals surface area contributed by atoms with Gasteiger partial charge in [0.2, 0.25) is 0 Å². The molecule has 0 aliphatic rings. The highest BCUT2D eigenvalue weighted by atomic mass is 32.2. The van der Waals surface area contributed by atoms with E-state index >= 15 is 0 Å². The van der Waals surface area contributed by atoms with Crippen molar-refractivity contribution in [3.05, 3.63) is 29.8 Å². The monoisotopic (exact) mass is 311 g/mol. The number of aryl methyl sites for hydroxylation is 1. The van der Waals surface area contributed by atoms with Crippen molar-refractivity contribution in [2.75, 3.05) is 6.54 Å². The van der Waals surface area contributed by atoms with Gasteiger partial charge in [-0.05, 0) is 19.1 Å². The number of nitrogens with one attached hydrogen (secondary N) is 1. The van der Waals surface area contributed by atoms with E-state index in [1.54, 1.807) is 12.1 Å². The van der Waals surface area contributed by atoms with E-state index in [-0.39, 0.29) is 4.90 Å². The summed E-state index contributed by atoms with van der Waals surface area (Å²) in [5.41, 5.74) is 6.65. The fourth-order valence-electron chi connectivity index (χ4n) is 1.31. The van der Waals surface area contributed by atoms with Crippen molar-refractivity contribution in [2.45, 2.75) is 37.9 Å². The number of hydrogen-bond donors (Lipinski definition) is 1. The highest BCUT2D eigenvalue weighted by Crippen LogP contribution is 2.11. The number of hydrogen-bond acceptors (Lipinski definition) is 4. The quantitative estimate of drug-likeness (QED) is 0.393. The highest BCUT2D eigenvalue weighted by Gasteiger charge is 2.14. The number of hydroxylamine groups is 1. The SMILES string of the molecule is Cc1ccc(S(=O)(=O)ONCCC#C[Si](C)(C)C)cc1. The fourth-order valence-corrected chi connectivity index (χ4v) is 2.77. The molecule has 0 radical (unpaired) electrons. The molecular formula is C14H21NO3SSi. The van der Waals surface area contributed by atoms with E-state index in [9.17, 15) is 8.42 Å². The van der Waals surface area contributed by atoms with Crippen LogP contribution < -0.4 is 5.48 Å². The fraction of sp³-hybridized carbons (Fsp3) is 0.429. The van der Waals surface area contributed by atoms with Crippen LogP contribution in [0.4, 0.5) is 0 Å². The molecule has 1 aromatic carbocycles. The minimum Gasteiger partial charge on any atom is -0.192 e. The standard InChI is InChI=1S/C14H21NO3SSi/c1-13-7-9-14(10-8-13)19(16,17)18-15-11-5-6-12-20(2,3)4/h7-10,15H,5,11H2,1-4H3. The molecule has 0 spiro atoms. The predicted octanol–water partition coefficient (Wildman–Crippen LogP) is 2.48. The van der Waals surface area contributed by atoms with Crippen molar-refractivity contribution in [1.82, 2.24) is 5.48 Å². The topological polar surface area (TPSA) is 55.4 Å². The summed E-state index contributed by atoms with van der Waals surface area (Å²) < 4.78 is 28.4. The molecule has 0 fully saturated rings. The molecule has 110 valence electrons. The summed E-state index contributed by atoms with van der Waals surface area (Å²) >= 11 is 0. The van der Waals surface area contributed by atoms with Crippen LogP contribution in [0.2, 0.25) is 19.6 Å². The number of rotatable bonds is 5. The van der Waals surface area contributed by atoms with Gasteiger partial charge in [0.25, 0.3) is 0 Å². The second-order valence-electron chi connectivity index (χ2n) is 5.55. The van der Waals surface area contributed by atoms with Gasteiger partial charge in [-0.15, -0.1) is 11.5 Å². The zero-order valence-corrected chi connectivity index (χ0v) is 14.2. The zero-order valence-electron chi connectivity index (χ0n) is 12.4. The van der Waals surface area contributed by atoms with E-state index in [1.807, 2.05) is 6.92 Å². The first-order valence-corrected chi connectivity index (χ1v) is 11.3. The van der Waals surface area contributed by atoms with E-state index in [0.29, 0.717) is 13.0 Å². The minimum atomic E-state index is -3.74. The first kappa shape index (κ1) is 16.9. The lowest BCUT2D eigenvalue weighted by molar-refractivity contribution is 0.207. The predicted molar refractivity (Wildman–Crippen MR) is 83.2 cm³/mol. The molecule has 1 N–H and O–H groups in total. The molecule has 0 aliphatic heterocycles. The van der Waals surface area contributed by atoms with Crippen molar-refractivity contribution < 1.29 is 12.7 Å². The van der Waals surface area contributed by atoms with Crippen LogP contribution in [-0.2, 0) is 14.4 Å². The maximum absolute atomic E-state index is 11.8. The molecule has 0 saturated carbocycles. The molecule has 0 unspecified atom stereocenters. The normalized spacial score (nSPS) is 11.8. The van der Waals surface area contributed by atoms with Crippen molar-refractivity contribution in [1.29, 1.82) is 0 Å². The largest absolute Gasteiger partial charge is 0.312 e. The lowest BCUT2D eigenvalue weighted by Crippen LogP contribution is -2.21. The molecule has 0 atom stereocenters. The summed E-state index contributed by atoms with van der Waals surface area (Å²) in [6, 6.07) is 6.51. The lowest BCUT2D eigenvalue weighted by atomic mass is 10.2. The molecule has 0 amide bonds. The average molecular weight is 311 g/mol. The minimum absolute atomic E-state index is 0.142. The third-order valence-electron chi connectivity index (χ3n) is 2.29. The Balaban J connectivity index is 2.45. The Labute approximate surface area is 122 Å². The van der Waals surface area contributed by atoms with E-state index in [1.165, 1.54) is 12.1 Å². The summed E-state index contributed by atoms with van der Waals surface area (Å²) in [7, 11) is -5.10. The molecule has 0 heterocycles. The molecule has 4 nitrogen and oxygen atoms in total. The van der Waals surface area contributed by atoms with Gasteiger partial charge in [0.1, 0.15) is 8.07 Å². The van der Waals surface area contributed by atoms with Gasteiger partial charge in [-0.25, -0.2) is 0 Å². The molecule has 1 aromatic rings. The Kier molecular flexibility index (Phi) is 5.96. The van der Waals surface area contributed by atoms with Crippen LogP contribution in [0.25, 0.3) is 0 Å². The summed E-state index contributed by atoms with van der Waals surface area (Å²) in [6.45, 7) is 8.75. The van der Waals surface area contributed by atoms with Crippen LogP contribution in [0.1, 0.15) is 12.0 Å². The van der Waals surface area contributed by atoms with E-state index in [0.717, 1.165) is 5.56 Å². The highest BCUT2D eigenvalue weighted by molar-refractivity contribution is 7.86. The van der Waals surface area contributed by atoms with Crippen LogP contribution in [-0.4, -0.2) is 23.0 Å². The lowest BCUT2D eigenvalue weighted by Gasteiger charge is -2.06. The van der Waals surface area contributed by atoms with Gasteiger partial charge in [0, 0.05) is 13.0 Å². The second kappa shape index (κ2) is 7.04. The van der Waals surface area contributed by atoms with E-state index in [2.05, 4.69) is 36.6 Å². The van der Waals surface area contributed by atoms with Crippen LogP contribution in [0.5, 0.6) is 0 Å². The molecule has 1 rings (SSSR count). The first-order valence-electron chi connectivity index (χ1n) is 6.44. The zero-order chi connectivity index (χ0) is 15.2. The molecule has 0 saturated heterocycles.